The Morgan fingerprint density at radius 2 is 1.78 bits per heavy atom. The highest BCUT2D eigenvalue weighted by Crippen LogP contribution is 2.30. The van der Waals surface area contributed by atoms with Crippen molar-refractivity contribution < 1.29 is 0 Å². The van der Waals surface area contributed by atoms with Crippen LogP contribution >= 0.6 is 0 Å². The molecule has 0 heterocycles. The first kappa shape index (κ1) is 13.4. The van der Waals surface area contributed by atoms with E-state index in [0.717, 1.165) is 19.4 Å². The van der Waals surface area contributed by atoms with Crippen LogP contribution in [0.5, 0.6) is 0 Å². The highest BCUT2D eigenvalue weighted by Gasteiger charge is 2.28. The van der Waals surface area contributed by atoms with Gasteiger partial charge in [-0.25, -0.2) is 0 Å². The quantitative estimate of drug-likeness (QED) is 0.863. The first-order valence-corrected chi connectivity index (χ1v) is 7.22. The molecular formula is C16H26N2. The van der Waals surface area contributed by atoms with E-state index in [1.54, 1.807) is 0 Å². The van der Waals surface area contributed by atoms with Crippen LogP contribution in [0.25, 0.3) is 0 Å². The normalized spacial score (nSPS) is 17.9. The van der Waals surface area contributed by atoms with Gasteiger partial charge in [0.05, 0.1) is 0 Å². The number of rotatable bonds is 5. The minimum atomic E-state index is 0.109. The Labute approximate surface area is 111 Å². The van der Waals surface area contributed by atoms with Gasteiger partial charge in [0.15, 0.2) is 0 Å². The summed E-state index contributed by atoms with van der Waals surface area (Å²) in [6.07, 6.45) is 7.25. The van der Waals surface area contributed by atoms with Gasteiger partial charge in [-0.2, -0.15) is 0 Å². The Kier molecular flexibility index (Phi) is 4.28. The van der Waals surface area contributed by atoms with Crippen LogP contribution in [0.15, 0.2) is 24.3 Å². The Bertz CT molecular complexity index is 363. The summed E-state index contributed by atoms with van der Waals surface area (Å²) in [6.45, 7) is 3.25. The van der Waals surface area contributed by atoms with Crippen molar-refractivity contribution in [2.75, 3.05) is 18.5 Å². The van der Waals surface area contributed by atoms with Gasteiger partial charge in [-0.3, -0.25) is 0 Å². The molecule has 0 bridgehead atoms. The van der Waals surface area contributed by atoms with Crippen molar-refractivity contribution in [2.45, 2.75) is 51.0 Å². The summed E-state index contributed by atoms with van der Waals surface area (Å²) in [5.41, 5.74) is 9.21. The van der Waals surface area contributed by atoms with Crippen LogP contribution in [0.1, 0.15) is 44.6 Å². The molecule has 2 N–H and O–H groups in total. The maximum absolute atomic E-state index is 6.40. The summed E-state index contributed by atoms with van der Waals surface area (Å²) in [4.78, 5) is 2.33. The molecule has 1 aromatic carbocycles. The van der Waals surface area contributed by atoms with Crippen molar-refractivity contribution in [1.82, 2.24) is 0 Å². The minimum Gasteiger partial charge on any atom is -0.375 e. The monoisotopic (exact) mass is 246 g/mol. The molecule has 0 aliphatic heterocycles. The van der Waals surface area contributed by atoms with Crippen molar-refractivity contribution >= 4 is 5.69 Å². The van der Waals surface area contributed by atoms with E-state index >= 15 is 0 Å². The molecule has 1 aliphatic carbocycles. The van der Waals surface area contributed by atoms with Gasteiger partial charge in [0.2, 0.25) is 0 Å². The van der Waals surface area contributed by atoms with Crippen molar-refractivity contribution in [2.24, 2.45) is 5.73 Å². The van der Waals surface area contributed by atoms with Gasteiger partial charge < -0.3 is 10.6 Å². The molecule has 1 fully saturated rings. The zero-order valence-corrected chi connectivity index (χ0v) is 11.8. The fourth-order valence-corrected chi connectivity index (χ4v) is 2.83. The number of aryl methyl sites for hydroxylation is 1. The van der Waals surface area contributed by atoms with Crippen molar-refractivity contribution in [3.63, 3.8) is 0 Å². The summed E-state index contributed by atoms with van der Waals surface area (Å²) in [7, 11) is 2.17. The molecule has 2 heteroatoms. The van der Waals surface area contributed by atoms with Gasteiger partial charge in [0, 0.05) is 24.8 Å². The lowest BCUT2D eigenvalue weighted by molar-refractivity contribution is 0.409. The molecule has 0 atom stereocenters. The Morgan fingerprint density at radius 1 is 1.17 bits per heavy atom. The average molecular weight is 246 g/mol. The summed E-state index contributed by atoms with van der Waals surface area (Å²) >= 11 is 0. The summed E-state index contributed by atoms with van der Waals surface area (Å²) in [5.74, 6) is 0. The van der Waals surface area contributed by atoms with Crippen molar-refractivity contribution in [3.05, 3.63) is 29.8 Å². The lowest BCUT2D eigenvalue weighted by Gasteiger charge is -2.28. The zero-order chi connectivity index (χ0) is 13.0. The van der Waals surface area contributed by atoms with Crippen molar-refractivity contribution in [1.29, 1.82) is 0 Å². The molecule has 0 aromatic heterocycles. The number of nitrogens with two attached hydrogens (primary N) is 1. The van der Waals surface area contributed by atoms with E-state index in [4.69, 9.17) is 5.73 Å². The number of hydrogen-bond donors (Lipinski definition) is 1. The maximum Gasteiger partial charge on any atom is 0.0363 e. The molecule has 0 unspecified atom stereocenters. The summed E-state index contributed by atoms with van der Waals surface area (Å²) in [5, 5.41) is 0. The highest BCUT2D eigenvalue weighted by atomic mass is 15.1. The lowest BCUT2D eigenvalue weighted by atomic mass is 9.94. The SMILES string of the molecule is CCc1ccc(N(C)CCC2(N)CCCC2)cc1. The van der Waals surface area contributed by atoms with E-state index < -0.39 is 0 Å². The molecule has 1 aliphatic rings. The molecule has 100 valence electrons. The van der Waals surface area contributed by atoms with Gasteiger partial charge in [-0.1, -0.05) is 31.9 Å². The van der Waals surface area contributed by atoms with E-state index in [0.29, 0.717) is 0 Å². The van der Waals surface area contributed by atoms with Crippen LogP contribution in [0, 0.1) is 0 Å². The second-order valence-corrected chi connectivity index (χ2v) is 5.76. The fraction of sp³-hybridized carbons (Fsp3) is 0.625. The molecule has 1 aromatic rings. The first-order chi connectivity index (χ1) is 8.63. The second-order valence-electron chi connectivity index (χ2n) is 5.76. The molecule has 18 heavy (non-hydrogen) atoms. The third kappa shape index (κ3) is 3.26. The van der Waals surface area contributed by atoms with Gasteiger partial charge in [0.25, 0.3) is 0 Å². The molecule has 0 amide bonds. The predicted molar refractivity (Wildman–Crippen MR) is 79.1 cm³/mol. The van der Waals surface area contributed by atoms with E-state index in [2.05, 4.69) is 43.1 Å². The van der Waals surface area contributed by atoms with Crippen molar-refractivity contribution in [3.8, 4) is 0 Å². The number of benzene rings is 1. The number of nitrogens with zero attached hydrogens (tertiary/aromatic N) is 1. The Balaban J connectivity index is 1.88. The molecular weight excluding hydrogens is 220 g/mol. The van der Waals surface area contributed by atoms with Crippen LogP contribution in [0.2, 0.25) is 0 Å². The van der Waals surface area contributed by atoms with Gasteiger partial charge in [-0.15, -0.1) is 0 Å². The topological polar surface area (TPSA) is 29.3 Å². The van der Waals surface area contributed by atoms with E-state index in [-0.39, 0.29) is 5.54 Å². The smallest absolute Gasteiger partial charge is 0.0363 e. The minimum absolute atomic E-state index is 0.109. The van der Waals surface area contributed by atoms with E-state index in [9.17, 15) is 0 Å². The van der Waals surface area contributed by atoms with Crippen LogP contribution in [-0.2, 0) is 6.42 Å². The molecule has 2 nitrogen and oxygen atoms in total. The third-order valence-electron chi connectivity index (χ3n) is 4.33. The average Bonchev–Trinajstić information content (AvgIpc) is 2.83. The molecule has 0 saturated heterocycles. The largest absolute Gasteiger partial charge is 0.375 e. The Morgan fingerprint density at radius 3 is 2.33 bits per heavy atom. The summed E-state index contributed by atoms with van der Waals surface area (Å²) < 4.78 is 0. The van der Waals surface area contributed by atoms with Gasteiger partial charge in [0.1, 0.15) is 0 Å². The predicted octanol–water partition coefficient (Wildman–Crippen LogP) is 3.35. The van der Waals surface area contributed by atoms with Crippen LogP contribution in [0.3, 0.4) is 0 Å². The molecule has 0 radical (unpaired) electrons. The van der Waals surface area contributed by atoms with Crippen LogP contribution in [-0.4, -0.2) is 19.1 Å². The van der Waals surface area contributed by atoms with E-state index in [1.165, 1.54) is 36.9 Å². The second kappa shape index (κ2) is 5.75. The molecule has 0 spiro atoms. The first-order valence-electron chi connectivity index (χ1n) is 7.22. The maximum atomic E-state index is 6.40. The van der Waals surface area contributed by atoms with Crippen LogP contribution < -0.4 is 10.6 Å². The van der Waals surface area contributed by atoms with E-state index in [1.807, 2.05) is 0 Å². The lowest BCUT2D eigenvalue weighted by Crippen LogP contribution is -2.39. The Hall–Kier alpha value is -1.02. The van der Waals surface area contributed by atoms with Gasteiger partial charge >= 0.3 is 0 Å². The van der Waals surface area contributed by atoms with Crippen LogP contribution in [0.4, 0.5) is 5.69 Å². The molecule has 2 rings (SSSR count). The number of hydrogen-bond acceptors (Lipinski definition) is 2. The fourth-order valence-electron chi connectivity index (χ4n) is 2.83. The summed E-state index contributed by atoms with van der Waals surface area (Å²) in [6, 6.07) is 8.88. The number of anilines is 1. The third-order valence-corrected chi connectivity index (χ3v) is 4.33. The highest BCUT2D eigenvalue weighted by molar-refractivity contribution is 5.46. The molecule has 1 saturated carbocycles. The standard InChI is InChI=1S/C16H26N2/c1-3-14-6-8-15(9-7-14)18(2)13-12-16(17)10-4-5-11-16/h6-9H,3-5,10-13,17H2,1-2H3. The zero-order valence-electron chi connectivity index (χ0n) is 11.8. The van der Waals surface area contributed by atoms with Gasteiger partial charge in [-0.05, 0) is 43.4 Å².